The zero-order chi connectivity index (χ0) is 15.6. The zero-order valence-electron chi connectivity index (χ0n) is 12.9. The van der Waals surface area contributed by atoms with E-state index in [1.54, 1.807) is 7.11 Å². The van der Waals surface area contributed by atoms with Crippen LogP contribution in [0.2, 0.25) is 5.02 Å². The van der Waals surface area contributed by atoms with Gasteiger partial charge >= 0.3 is 5.97 Å². The maximum Gasteiger partial charge on any atom is 0.314 e. The van der Waals surface area contributed by atoms with Crippen LogP contribution in [0.4, 0.5) is 0 Å². The molecule has 3 nitrogen and oxygen atoms in total. The first-order valence-electron chi connectivity index (χ1n) is 7.53. The molecule has 0 heterocycles. The normalized spacial score (nSPS) is 17.8. The number of ether oxygens (including phenoxy) is 1. The minimum atomic E-state index is -0.798. The van der Waals surface area contributed by atoms with Crippen molar-refractivity contribution in [2.24, 2.45) is 0 Å². The summed E-state index contributed by atoms with van der Waals surface area (Å²) in [5.41, 5.74) is 1.10. The third-order valence-corrected chi connectivity index (χ3v) is 4.87. The van der Waals surface area contributed by atoms with E-state index in [4.69, 9.17) is 16.3 Å². The summed E-state index contributed by atoms with van der Waals surface area (Å²) in [6.45, 7) is 4.15. The van der Waals surface area contributed by atoms with Crippen LogP contribution in [0.3, 0.4) is 0 Å². The summed E-state index contributed by atoms with van der Waals surface area (Å²) in [7, 11) is 1.58. The van der Waals surface area contributed by atoms with Gasteiger partial charge < -0.3 is 9.84 Å². The minimum Gasteiger partial charge on any atom is -0.495 e. The largest absolute Gasteiger partial charge is 0.495 e. The van der Waals surface area contributed by atoms with E-state index in [0.717, 1.165) is 30.4 Å². The number of benzene rings is 1. The molecule has 0 bridgehead atoms. The van der Waals surface area contributed by atoms with Gasteiger partial charge in [-0.3, -0.25) is 4.79 Å². The molecule has 1 aromatic carbocycles. The van der Waals surface area contributed by atoms with Gasteiger partial charge in [-0.2, -0.15) is 0 Å². The van der Waals surface area contributed by atoms with Crippen LogP contribution in [0.1, 0.15) is 63.0 Å². The Bertz CT molecular complexity index is 531. The predicted octanol–water partition coefficient (Wildman–Crippen LogP) is 4.76. The van der Waals surface area contributed by atoms with Crippen molar-refractivity contribution in [3.05, 3.63) is 28.3 Å². The topological polar surface area (TPSA) is 46.5 Å². The molecular formula is C17H23ClO3. The summed E-state index contributed by atoms with van der Waals surface area (Å²) >= 11 is 6.27. The van der Waals surface area contributed by atoms with E-state index in [9.17, 15) is 9.90 Å². The molecule has 0 aromatic heterocycles. The van der Waals surface area contributed by atoms with Crippen molar-refractivity contribution in [3.63, 3.8) is 0 Å². The predicted molar refractivity (Wildman–Crippen MR) is 84.5 cm³/mol. The Morgan fingerprint density at radius 1 is 1.29 bits per heavy atom. The third-order valence-electron chi connectivity index (χ3n) is 4.58. The summed E-state index contributed by atoms with van der Waals surface area (Å²) in [5.74, 6) is 0.107. The van der Waals surface area contributed by atoms with Crippen molar-refractivity contribution >= 4 is 17.6 Å². The molecular weight excluding hydrogens is 288 g/mol. The van der Waals surface area contributed by atoms with Gasteiger partial charge in [-0.05, 0) is 42.0 Å². The van der Waals surface area contributed by atoms with Gasteiger partial charge in [0.05, 0.1) is 17.5 Å². The molecule has 0 aliphatic heterocycles. The lowest BCUT2D eigenvalue weighted by atomic mass is 9.67. The van der Waals surface area contributed by atoms with Gasteiger partial charge in [0.15, 0.2) is 0 Å². The van der Waals surface area contributed by atoms with Crippen molar-refractivity contribution in [2.45, 2.75) is 57.3 Å². The molecule has 1 aliphatic carbocycles. The van der Waals surface area contributed by atoms with Crippen LogP contribution >= 0.6 is 11.6 Å². The summed E-state index contributed by atoms with van der Waals surface area (Å²) in [5, 5.41) is 10.4. The van der Waals surface area contributed by atoms with Gasteiger partial charge in [0.25, 0.3) is 0 Å². The number of hydrogen-bond acceptors (Lipinski definition) is 2. The van der Waals surface area contributed by atoms with Crippen LogP contribution in [0.5, 0.6) is 5.75 Å². The third kappa shape index (κ3) is 2.89. The number of carboxylic acids is 1. The smallest absolute Gasteiger partial charge is 0.314 e. The highest BCUT2D eigenvalue weighted by Crippen LogP contribution is 2.45. The molecule has 1 N–H and O–H groups in total. The van der Waals surface area contributed by atoms with E-state index in [0.29, 0.717) is 23.6 Å². The Hall–Kier alpha value is -1.22. The van der Waals surface area contributed by atoms with Crippen molar-refractivity contribution < 1.29 is 14.6 Å². The number of methoxy groups -OCH3 is 1. The lowest BCUT2D eigenvalue weighted by Gasteiger charge is -2.36. The highest BCUT2D eigenvalue weighted by atomic mass is 35.5. The molecule has 0 atom stereocenters. The molecule has 2 rings (SSSR count). The van der Waals surface area contributed by atoms with Crippen LogP contribution in [0.15, 0.2) is 12.1 Å². The number of hydrogen-bond donors (Lipinski definition) is 1. The fourth-order valence-electron chi connectivity index (χ4n) is 3.37. The molecule has 21 heavy (non-hydrogen) atoms. The second kappa shape index (κ2) is 6.27. The second-order valence-electron chi connectivity index (χ2n) is 6.18. The zero-order valence-corrected chi connectivity index (χ0v) is 13.7. The summed E-state index contributed by atoms with van der Waals surface area (Å²) in [6.07, 6.45) is 4.38. The van der Waals surface area contributed by atoms with E-state index in [2.05, 4.69) is 13.8 Å². The highest BCUT2D eigenvalue weighted by molar-refractivity contribution is 6.32. The Morgan fingerprint density at radius 2 is 1.90 bits per heavy atom. The van der Waals surface area contributed by atoms with Crippen molar-refractivity contribution in [1.29, 1.82) is 0 Å². The Balaban J connectivity index is 2.64. The summed E-state index contributed by atoms with van der Waals surface area (Å²) < 4.78 is 5.29. The van der Waals surface area contributed by atoms with Crippen LogP contribution in [0.25, 0.3) is 0 Å². The van der Waals surface area contributed by atoms with Crippen molar-refractivity contribution in [1.82, 2.24) is 0 Å². The number of aliphatic carboxylic acids is 1. The molecule has 0 spiro atoms. The summed E-state index contributed by atoms with van der Waals surface area (Å²) in [6, 6.07) is 3.72. The van der Waals surface area contributed by atoms with Gasteiger partial charge in [-0.1, -0.05) is 44.7 Å². The van der Waals surface area contributed by atoms with Crippen LogP contribution < -0.4 is 4.74 Å². The average molecular weight is 311 g/mol. The second-order valence-corrected chi connectivity index (χ2v) is 6.58. The Kier molecular flexibility index (Phi) is 4.82. The van der Waals surface area contributed by atoms with E-state index < -0.39 is 11.4 Å². The first-order valence-corrected chi connectivity index (χ1v) is 7.91. The van der Waals surface area contributed by atoms with Gasteiger partial charge in [-0.25, -0.2) is 0 Å². The van der Waals surface area contributed by atoms with Gasteiger partial charge in [0.1, 0.15) is 5.75 Å². The van der Waals surface area contributed by atoms with Gasteiger partial charge in [0.2, 0.25) is 0 Å². The van der Waals surface area contributed by atoms with Crippen molar-refractivity contribution in [3.8, 4) is 5.75 Å². The van der Waals surface area contributed by atoms with E-state index in [1.807, 2.05) is 12.1 Å². The van der Waals surface area contributed by atoms with Crippen LogP contribution in [-0.2, 0) is 10.2 Å². The SMILES string of the molecule is COc1cc(C(C)C)c(C2(C(=O)O)CCCCC2)cc1Cl. The lowest BCUT2D eigenvalue weighted by molar-refractivity contribution is -0.145. The molecule has 1 aromatic rings. The highest BCUT2D eigenvalue weighted by Gasteiger charge is 2.43. The van der Waals surface area contributed by atoms with E-state index in [-0.39, 0.29) is 5.92 Å². The van der Waals surface area contributed by atoms with Crippen LogP contribution in [0, 0.1) is 0 Å². The molecule has 0 unspecified atom stereocenters. The molecule has 1 aliphatic rings. The summed E-state index contributed by atoms with van der Waals surface area (Å²) in [4.78, 5) is 12.0. The van der Waals surface area contributed by atoms with Crippen LogP contribution in [-0.4, -0.2) is 18.2 Å². The van der Waals surface area contributed by atoms with E-state index in [1.165, 1.54) is 0 Å². The average Bonchev–Trinajstić information content (AvgIpc) is 2.47. The number of rotatable bonds is 4. The molecule has 0 saturated heterocycles. The molecule has 4 heteroatoms. The van der Waals surface area contributed by atoms with Crippen molar-refractivity contribution in [2.75, 3.05) is 7.11 Å². The maximum absolute atomic E-state index is 12.0. The number of carbonyl (C=O) groups is 1. The molecule has 1 fully saturated rings. The molecule has 0 amide bonds. The Labute approximate surface area is 131 Å². The van der Waals surface area contributed by atoms with Gasteiger partial charge in [-0.15, -0.1) is 0 Å². The first-order chi connectivity index (χ1) is 9.92. The molecule has 1 saturated carbocycles. The van der Waals surface area contributed by atoms with E-state index >= 15 is 0 Å². The first kappa shape index (κ1) is 16.2. The lowest BCUT2D eigenvalue weighted by Crippen LogP contribution is -2.38. The fraction of sp³-hybridized carbons (Fsp3) is 0.588. The van der Waals surface area contributed by atoms with Gasteiger partial charge in [0, 0.05) is 0 Å². The molecule has 116 valence electrons. The Morgan fingerprint density at radius 3 is 2.38 bits per heavy atom. The minimum absolute atomic E-state index is 0.226. The monoisotopic (exact) mass is 310 g/mol. The standard InChI is InChI=1S/C17H23ClO3/c1-11(2)12-9-15(21-3)14(18)10-13(12)17(16(19)20)7-5-4-6-8-17/h9-11H,4-8H2,1-3H3,(H,19,20). The molecule has 0 radical (unpaired) electrons. The number of carboxylic acid groups (broad SMARTS) is 1. The quantitative estimate of drug-likeness (QED) is 0.872. The number of halogens is 1. The fourth-order valence-corrected chi connectivity index (χ4v) is 3.61. The maximum atomic E-state index is 12.0.